The van der Waals surface area contributed by atoms with Gasteiger partial charge in [-0.25, -0.2) is 0 Å². The summed E-state index contributed by atoms with van der Waals surface area (Å²) in [4.78, 5) is 29.2. The number of ether oxygens (including phenoxy) is 2. The van der Waals surface area contributed by atoms with Gasteiger partial charge in [-0.15, -0.1) is 0 Å². The van der Waals surface area contributed by atoms with E-state index in [4.69, 9.17) is 9.47 Å². The molecule has 0 aromatic heterocycles. The van der Waals surface area contributed by atoms with E-state index in [0.29, 0.717) is 0 Å². The van der Waals surface area contributed by atoms with Gasteiger partial charge >= 0.3 is 0 Å². The molecule has 4 aliphatic rings. The first-order valence-corrected chi connectivity index (χ1v) is 10.4. The summed E-state index contributed by atoms with van der Waals surface area (Å²) in [7, 11) is 3.21. The normalized spacial score (nSPS) is 29.3. The van der Waals surface area contributed by atoms with Crippen LogP contribution in [0.3, 0.4) is 0 Å². The number of amides is 2. The molecule has 2 bridgehead atoms. The van der Waals surface area contributed by atoms with Gasteiger partial charge in [0.2, 0.25) is 11.8 Å². The van der Waals surface area contributed by atoms with E-state index < -0.39 is 29.1 Å². The maximum Gasteiger partial charge on any atom is 0.235 e. The average molecular weight is 405 g/mol. The van der Waals surface area contributed by atoms with Crippen LogP contribution in [0.25, 0.3) is 0 Å². The lowest BCUT2D eigenvalue weighted by Crippen LogP contribution is -2.60. The summed E-state index contributed by atoms with van der Waals surface area (Å²) in [5.41, 5.74) is 2.76. The number of carbonyl (C=O) groups is 2. The molecule has 1 saturated heterocycles. The topological polar surface area (TPSA) is 55.8 Å². The van der Waals surface area contributed by atoms with Crippen molar-refractivity contribution in [3.63, 3.8) is 0 Å². The highest BCUT2D eigenvalue weighted by molar-refractivity contribution is 6.09. The van der Waals surface area contributed by atoms with Crippen molar-refractivity contribution in [2.45, 2.75) is 43.9 Å². The number of methoxy groups -OCH3 is 2. The first kappa shape index (κ1) is 19.5. The maximum atomic E-state index is 13.9. The van der Waals surface area contributed by atoms with Crippen LogP contribution in [0.1, 0.15) is 48.9 Å². The van der Waals surface area contributed by atoms with Gasteiger partial charge in [0.25, 0.3) is 0 Å². The van der Waals surface area contributed by atoms with Crippen LogP contribution in [0.5, 0.6) is 0 Å². The standard InChI is InChI=1S/C25H27NO4/c1-24(2,3)26-21(27)19-18-14-10-6-8-12-16(14)25(20(19)22(26)28,23(29-4)30-5)17-13-9-7-11-15(17)18/h6-13,18-20,23H,1-5H3/t18?,19-,20+,25?/m1/s1. The van der Waals surface area contributed by atoms with Crippen LogP contribution in [0.2, 0.25) is 0 Å². The van der Waals surface area contributed by atoms with Gasteiger partial charge in [0.15, 0.2) is 6.29 Å². The van der Waals surface area contributed by atoms with Crippen molar-refractivity contribution in [1.82, 2.24) is 4.90 Å². The molecule has 156 valence electrons. The third-order valence-electron chi connectivity index (χ3n) is 7.15. The van der Waals surface area contributed by atoms with Crippen LogP contribution in [0.15, 0.2) is 48.5 Å². The minimum absolute atomic E-state index is 0.0955. The molecule has 0 unspecified atom stereocenters. The summed E-state index contributed by atoms with van der Waals surface area (Å²) in [6.45, 7) is 5.75. The van der Waals surface area contributed by atoms with E-state index in [-0.39, 0.29) is 17.7 Å². The Morgan fingerprint density at radius 2 is 1.37 bits per heavy atom. The monoisotopic (exact) mass is 405 g/mol. The molecule has 5 heteroatoms. The lowest BCUT2D eigenvalue weighted by molar-refractivity contribution is -0.169. The Balaban J connectivity index is 1.91. The highest BCUT2D eigenvalue weighted by Gasteiger charge is 2.71. The average Bonchev–Trinajstić information content (AvgIpc) is 3.01. The van der Waals surface area contributed by atoms with Gasteiger partial charge in [-0.05, 0) is 43.0 Å². The molecule has 2 amide bonds. The number of imide groups is 1. The second kappa shape index (κ2) is 6.25. The Morgan fingerprint density at radius 3 is 1.83 bits per heavy atom. The fourth-order valence-electron chi connectivity index (χ4n) is 6.36. The predicted molar refractivity (Wildman–Crippen MR) is 112 cm³/mol. The first-order valence-electron chi connectivity index (χ1n) is 10.4. The molecular formula is C25H27NO4. The number of likely N-dealkylation sites (tertiary alicyclic amines) is 1. The molecule has 0 saturated carbocycles. The van der Waals surface area contributed by atoms with E-state index in [1.54, 1.807) is 14.2 Å². The van der Waals surface area contributed by atoms with Crippen molar-refractivity contribution in [2.24, 2.45) is 11.8 Å². The Kier molecular flexibility index (Phi) is 4.06. The molecule has 1 heterocycles. The van der Waals surface area contributed by atoms with Gasteiger partial charge in [-0.1, -0.05) is 48.5 Å². The number of rotatable bonds is 3. The quantitative estimate of drug-likeness (QED) is 0.580. The van der Waals surface area contributed by atoms with Crippen molar-refractivity contribution in [3.05, 3.63) is 70.8 Å². The van der Waals surface area contributed by atoms with E-state index in [0.717, 1.165) is 22.3 Å². The number of hydrogen-bond acceptors (Lipinski definition) is 4. The summed E-state index contributed by atoms with van der Waals surface area (Å²) in [5.74, 6) is -1.41. The number of benzene rings is 2. The largest absolute Gasteiger partial charge is 0.355 e. The smallest absolute Gasteiger partial charge is 0.235 e. The van der Waals surface area contributed by atoms with Gasteiger partial charge in [0.1, 0.15) is 0 Å². The second-order valence-corrected chi connectivity index (χ2v) is 9.51. The fourth-order valence-corrected chi connectivity index (χ4v) is 6.36. The summed E-state index contributed by atoms with van der Waals surface area (Å²) < 4.78 is 11.8. The molecule has 6 rings (SSSR count). The van der Waals surface area contributed by atoms with Crippen LogP contribution < -0.4 is 0 Å². The van der Waals surface area contributed by atoms with E-state index in [9.17, 15) is 9.59 Å². The van der Waals surface area contributed by atoms with Gasteiger partial charge in [-0.3, -0.25) is 14.5 Å². The molecule has 0 N–H and O–H groups in total. The van der Waals surface area contributed by atoms with Crippen LogP contribution in [-0.4, -0.2) is 42.8 Å². The molecular weight excluding hydrogens is 378 g/mol. The first-order chi connectivity index (χ1) is 14.3. The van der Waals surface area contributed by atoms with E-state index in [1.807, 2.05) is 45.0 Å². The second-order valence-electron chi connectivity index (χ2n) is 9.51. The summed E-state index contributed by atoms with van der Waals surface area (Å²) in [6.07, 6.45) is -0.704. The van der Waals surface area contributed by atoms with Gasteiger partial charge in [0, 0.05) is 25.7 Å². The van der Waals surface area contributed by atoms with Crippen molar-refractivity contribution in [1.29, 1.82) is 0 Å². The lowest BCUT2D eigenvalue weighted by atomic mass is 9.47. The fraction of sp³-hybridized carbons (Fsp3) is 0.440. The molecule has 0 radical (unpaired) electrons. The predicted octanol–water partition coefficient (Wildman–Crippen LogP) is 3.45. The SMILES string of the molecule is COC(OC)C12c3ccccc3C(c3ccccc31)[C@H]1C(=O)N(C(C)(C)C)C(=O)[C@H]12. The van der Waals surface area contributed by atoms with Crippen molar-refractivity contribution in [3.8, 4) is 0 Å². The molecule has 30 heavy (non-hydrogen) atoms. The van der Waals surface area contributed by atoms with Crippen LogP contribution in [0, 0.1) is 11.8 Å². The minimum Gasteiger partial charge on any atom is -0.355 e. The van der Waals surface area contributed by atoms with E-state index in [2.05, 4.69) is 24.3 Å². The third-order valence-corrected chi connectivity index (χ3v) is 7.15. The van der Waals surface area contributed by atoms with E-state index >= 15 is 0 Å². The molecule has 2 aromatic carbocycles. The van der Waals surface area contributed by atoms with Gasteiger partial charge in [-0.2, -0.15) is 0 Å². The van der Waals surface area contributed by atoms with Crippen LogP contribution in [0.4, 0.5) is 0 Å². The lowest BCUT2D eigenvalue weighted by Gasteiger charge is -2.56. The minimum atomic E-state index is -0.886. The molecule has 1 aliphatic heterocycles. The van der Waals surface area contributed by atoms with Gasteiger partial charge in [0.05, 0.1) is 17.3 Å². The van der Waals surface area contributed by atoms with Crippen molar-refractivity contribution >= 4 is 11.8 Å². The zero-order valence-electron chi connectivity index (χ0n) is 18.0. The number of carbonyl (C=O) groups excluding carboxylic acids is 2. The molecule has 0 spiro atoms. The zero-order chi connectivity index (χ0) is 21.4. The van der Waals surface area contributed by atoms with Crippen molar-refractivity contribution in [2.75, 3.05) is 14.2 Å². The molecule has 3 aliphatic carbocycles. The summed E-state index contributed by atoms with van der Waals surface area (Å²) in [5, 5.41) is 0. The van der Waals surface area contributed by atoms with Gasteiger partial charge < -0.3 is 9.47 Å². The summed E-state index contributed by atoms with van der Waals surface area (Å²) in [6, 6.07) is 16.3. The Hall–Kier alpha value is -2.50. The molecule has 5 nitrogen and oxygen atoms in total. The Morgan fingerprint density at radius 1 is 0.867 bits per heavy atom. The van der Waals surface area contributed by atoms with Crippen LogP contribution in [-0.2, 0) is 24.5 Å². The maximum absolute atomic E-state index is 13.9. The number of nitrogens with zero attached hydrogens (tertiary/aromatic N) is 1. The Bertz CT molecular complexity index is 1000. The summed E-state index contributed by atoms with van der Waals surface area (Å²) >= 11 is 0. The molecule has 1 fully saturated rings. The van der Waals surface area contributed by atoms with E-state index in [1.165, 1.54) is 4.90 Å². The van der Waals surface area contributed by atoms with Crippen LogP contribution >= 0.6 is 0 Å². The zero-order valence-corrected chi connectivity index (χ0v) is 18.0. The highest BCUT2D eigenvalue weighted by Crippen LogP contribution is 2.66. The number of hydrogen-bond donors (Lipinski definition) is 0. The Labute approximate surface area is 177 Å². The molecule has 2 atom stereocenters. The molecule has 2 aromatic rings. The third kappa shape index (κ3) is 2.09. The van der Waals surface area contributed by atoms with Crippen molar-refractivity contribution < 1.29 is 19.1 Å². The highest BCUT2D eigenvalue weighted by atomic mass is 16.7.